The summed E-state index contributed by atoms with van der Waals surface area (Å²) < 4.78 is 10.9. The number of nitrogens with one attached hydrogen (secondary N) is 1. The number of nitrogens with zero attached hydrogens (tertiary/aromatic N) is 1. The van der Waals surface area contributed by atoms with E-state index < -0.39 is 6.04 Å². The number of fused-ring (bicyclic) bond motifs is 1. The van der Waals surface area contributed by atoms with Gasteiger partial charge in [-0.05, 0) is 55.0 Å². The van der Waals surface area contributed by atoms with E-state index in [4.69, 9.17) is 9.47 Å². The van der Waals surface area contributed by atoms with Crippen LogP contribution in [0.4, 0.5) is 0 Å². The predicted octanol–water partition coefficient (Wildman–Crippen LogP) is 5.75. The average Bonchev–Trinajstić information content (AvgIpc) is 3.44. The van der Waals surface area contributed by atoms with Crippen molar-refractivity contribution in [3.8, 4) is 11.5 Å². The maximum atomic E-state index is 13.9. The number of amides is 2. The van der Waals surface area contributed by atoms with Crippen molar-refractivity contribution in [1.29, 1.82) is 0 Å². The van der Waals surface area contributed by atoms with Crippen LogP contribution in [0, 0.1) is 6.92 Å². The van der Waals surface area contributed by atoms with Gasteiger partial charge in [-0.2, -0.15) is 0 Å². The Labute approximate surface area is 231 Å². The van der Waals surface area contributed by atoms with Crippen LogP contribution in [0.25, 0.3) is 0 Å². The van der Waals surface area contributed by atoms with Gasteiger partial charge in [0.05, 0.1) is 0 Å². The molecule has 1 aliphatic carbocycles. The highest BCUT2D eigenvalue weighted by molar-refractivity contribution is 5.88. The van der Waals surface area contributed by atoms with Crippen molar-refractivity contribution in [2.24, 2.45) is 0 Å². The van der Waals surface area contributed by atoms with Crippen LogP contribution in [0.2, 0.25) is 0 Å². The Morgan fingerprint density at radius 1 is 0.872 bits per heavy atom. The van der Waals surface area contributed by atoms with Crippen LogP contribution in [-0.4, -0.2) is 35.6 Å². The van der Waals surface area contributed by atoms with Crippen LogP contribution >= 0.6 is 0 Å². The van der Waals surface area contributed by atoms with Crippen molar-refractivity contribution in [3.05, 3.63) is 95.1 Å². The molecular formula is C33H38N2O4. The fraction of sp³-hybridized carbons (Fsp3) is 0.394. The van der Waals surface area contributed by atoms with Crippen molar-refractivity contribution in [1.82, 2.24) is 10.2 Å². The Morgan fingerprint density at radius 3 is 2.36 bits per heavy atom. The van der Waals surface area contributed by atoms with Crippen LogP contribution in [0.5, 0.6) is 11.5 Å². The lowest BCUT2D eigenvalue weighted by Gasteiger charge is -2.33. The summed E-state index contributed by atoms with van der Waals surface area (Å²) in [5.74, 6) is 1.35. The molecule has 6 heteroatoms. The third kappa shape index (κ3) is 7.20. The van der Waals surface area contributed by atoms with Crippen molar-refractivity contribution >= 4 is 11.8 Å². The highest BCUT2D eigenvalue weighted by Crippen LogP contribution is 2.33. The van der Waals surface area contributed by atoms with Gasteiger partial charge in [-0.1, -0.05) is 85.5 Å². The minimum atomic E-state index is -0.597. The number of hydrogen-bond donors (Lipinski definition) is 1. The van der Waals surface area contributed by atoms with E-state index in [1.807, 2.05) is 67.6 Å². The topological polar surface area (TPSA) is 67.9 Å². The van der Waals surface area contributed by atoms with E-state index in [-0.39, 0.29) is 24.6 Å². The molecule has 1 heterocycles. The lowest BCUT2D eigenvalue weighted by atomic mass is 9.94. The molecule has 0 aromatic heterocycles. The first kappa shape index (κ1) is 26.8. The van der Waals surface area contributed by atoms with E-state index in [1.165, 1.54) is 6.42 Å². The summed E-state index contributed by atoms with van der Waals surface area (Å²) in [5.41, 5.74) is 4.23. The lowest BCUT2D eigenvalue weighted by molar-refractivity contribution is -0.141. The number of carbonyl (C=O) groups excluding carboxylic acids is 2. The smallest absolute Gasteiger partial charge is 0.243 e. The van der Waals surface area contributed by atoms with Gasteiger partial charge in [-0.25, -0.2) is 0 Å². The molecule has 0 radical (unpaired) electrons. The fourth-order valence-corrected chi connectivity index (χ4v) is 5.48. The summed E-state index contributed by atoms with van der Waals surface area (Å²) >= 11 is 0. The van der Waals surface area contributed by atoms with E-state index in [0.29, 0.717) is 31.6 Å². The molecule has 0 saturated heterocycles. The summed E-state index contributed by atoms with van der Waals surface area (Å²) in [7, 11) is 0. The molecule has 1 fully saturated rings. The maximum Gasteiger partial charge on any atom is 0.243 e. The molecule has 2 aliphatic rings. The SMILES string of the molecule is Cc1ccc(CN(C(=O)CCc2ccc3c(c2)OCO3)[C@H](Cc2ccccc2)C(=O)NC2CCCCC2)cc1. The molecule has 3 aromatic carbocycles. The van der Waals surface area contributed by atoms with Gasteiger partial charge in [0.2, 0.25) is 18.6 Å². The standard InChI is InChI=1S/C33H38N2O4/c1-24-12-14-27(15-13-24)22-35(32(36)19-17-26-16-18-30-31(21-26)39-23-38-30)29(20-25-8-4-2-5-9-25)33(37)34-28-10-6-3-7-11-28/h2,4-5,8-9,12-16,18,21,28-29H,3,6-7,10-11,17,19-20,22-23H2,1H3,(H,34,37)/t29-/m1/s1. The fourth-order valence-electron chi connectivity index (χ4n) is 5.48. The number of aryl methyl sites for hydroxylation is 2. The Balaban J connectivity index is 1.39. The molecular weight excluding hydrogens is 488 g/mol. The summed E-state index contributed by atoms with van der Waals surface area (Å²) in [5, 5.41) is 3.31. The summed E-state index contributed by atoms with van der Waals surface area (Å²) in [6.07, 6.45) is 6.82. The molecule has 39 heavy (non-hydrogen) atoms. The van der Waals surface area contributed by atoms with Gasteiger partial charge >= 0.3 is 0 Å². The molecule has 0 unspecified atom stereocenters. The Kier molecular flexibility index (Phi) is 8.82. The molecule has 1 atom stereocenters. The number of ether oxygens (including phenoxy) is 2. The third-order valence-electron chi connectivity index (χ3n) is 7.76. The molecule has 6 nitrogen and oxygen atoms in total. The molecule has 1 aliphatic heterocycles. The largest absolute Gasteiger partial charge is 0.454 e. The van der Waals surface area contributed by atoms with E-state index in [9.17, 15) is 9.59 Å². The van der Waals surface area contributed by atoms with Gasteiger partial charge in [-0.15, -0.1) is 0 Å². The molecule has 1 N–H and O–H groups in total. The third-order valence-corrected chi connectivity index (χ3v) is 7.76. The molecule has 204 valence electrons. The van der Waals surface area contributed by atoms with Gasteiger partial charge < -0.3 is 19.7 Å². The van der Waals surface area contributed by atoms with Crippen molar-refractivity contribution in [3.63, 3.8) is 0 Å². The second-order valence-electron chi connectivity index (χ2n) is 10.7. The first-order chi connectivity index (χ1) is 19.0. The molecule has 2 amide bonds. The number of rotatable bonds is 10. The number of hydrogen-bond acceptors (Lipinski definition) is 4. The molecule has 0 bridgehead atoms. The van der Waals surface area contributed by atoms with Gasteiger partial charge in [-0.3, -0.25) is 9.59 Å². The second kappa shape index (κ2) is 12.8. The van der Waals surface area contributed by atoms with Gasteiger partial charge in [0.1, 0.15) is 6.04 Å². The first-order valence-corrected chi connectivity index (χ1v) is 14.1. The van der Waals surface area contributed by atoms with Crippen LogP contribution in [0.3, 0.4) is 0 Å². The normalized spacial score (nSPS) is 15.5. The molecule has 5 rings (SSSR count). The van der Waals surface area contributed by atoms with Gasteiger partial charge in [0.15, 0.2) is 11.5 Å². The van der Waals surface area contributed by atoms with E-state index in [1.54, 1.807) is 4.90 Å². The highest BCUT2D eigenvalue weighted by Gasteiger charge is 2.31. The van der Waals surface area contributed by atoms with Crippen LogP contribution in [0.1, 0.15) is 60.8 Å². The zero-order valence-corrected chi connectivity index (χ0v) is 22.7. The number of benzene rings is 3. The Bertz CT molecular complexity index is 1250. The van der Waals surface area contributed by atoms with Crippen LogP contribution in [-0.2, 0) is 29.0 Å². The van der Waals surface area contributed by atoms with Crippen molar-refractivity contribution in [2.45, 2.75) is 76.9 Å². The minimum Gasteiger partial charge on any atom is -0.454 e. The molecule has 0 spiro atoms. The predicted molar refractivity (Wildman–Crippen MR) is 152 cm³/mol. The van der Waals surface area contributed by atoms with Gasteiger partial charge in [0, 0.05) is 25.4 Å². The quantitative estimate of drug-likeness (QED) is 0.366. The van der Waals surface area contributed by atoms with Crippen molar-refractivity contribution < 1.29 is 19.1 Å². The summed E-state index contributed by atoms with van der Waals surface area (Å²) in [6, 6.07) is 23.6. The van der Waals surface area contributed by atoms with Gasteiger partial charge in [0.25, 0.3) is 0 Å². The molecule has 1 saturated carbocycles. The summed E-state index contributed by atoms with van der Waals surface area (Å²) in [6.45, 7) is 2.66. The van der Waals surface area contributed by atoms with Crippen LogP contribution in [0.15, 0.2) is 72.8 Å². The zero-order chi connectivity index (χ0) is 27.0. The van der Waals surface area contributed by atoms with E-state index in [2.05, 4.69) is 17.4 Å². The highest BCUT2D eigenvalue weighted by atomic mass is 16.7. The lowest BCUT2D eigenvalue weighted by Crippen LogP contribution is -2.52. The second-order valence-corrected chi connectivity index (χ2v) is 10.7. The maximum absolute atomic E-state index is 13.9. The summed E-state index contributed by atoms with van der Waals surface area (Å²) in [4.78, 5) is 29.6. The molecule has 3 aromatic rings. The van der Waals surface area contributed by atoms with Crippen molar-refractivity contribution in [2.75, 3.05) is 6.79 Å². The van der Waals surface area contributed by atoms with E-state index >= 15 is 0 Å². The van der Waals surface area contributed by atoms with E-state index in [0.717, 1.165) is 53.7 Å². The minimum absolute atomic E-state index is 0.0343. The first-order valence-electron chi connectivity index (χ1n) is 14.1. The Hall–Kier alpha value is -3.80. The zero-order valence-electron chi connectivity index (χ0n) is 22.7. The number of carbonyl (C=O) groups is 2. The Morgan fingerprint density at radius 2 is 1.59 bits per heavy atom. The average molecular weight is 527 g/mol. The van der Waals surface area contributed by atoms with Crippen LogP contribution < -0.4 is 14.8 Å². The monoisotopic (exact) mass is 526 g/mol.